The molecule has 0 radical (unpaired) electrons. The zero-order valence-corrected chi connectivity index (χ0v) is 34.8. The SMILES string of the molecule is S=C(CCCCCCCCCCCCCCCCCCC(=S)N(CCCS)C1(S)CCCCC1)N(CCCS)C1(S)CCCCC1. The first-order chi connectivity index (χ1) is 22.4. The van der Waals surface area contributed by atoms with E-state index in [0.717, 1.165) is 60.3 Å². The standard InChI is InChI=1S/C38H72N2S6/c41-33-23-31-39(37(45)27-19-15-20-28-37)35(43)25-17-13-11-9-7-5-3-1-2-4-6-8-10-12-14-18-26-36(44)40(32-24-34-42)38(46)29-21-16-22-30-38/h41-42,45-46H,1-34H2. The highest BCUT2D eigenvalue weighted by Gasteiger charge is 2.36. The van der Waals surface area contributed by atoms with Crippen molar-refractivity contribution in [3.8, 4) is 0 Å². The van der Waals surface area contributed by atoms with Gasteiger partial charge in [0, 0.05) is 13.1 Å². The van der Waals surface area contributed by atoms with E-state index in [0.29, 0.717) is 0 Å². The van der Waals surface area contributed by atoms with Gasteiger partial charge in [0.15, 0.2) is 0 Å². The average Bonchev–Trinajstić information content (AvgIpc) is 3.05. The quantitative estimate of drug-likeness (QED) is 0.0287. The van der Waals surface area contributed by atoms with Crippen LogP contribution in [0, 0.1) is 0 Å². The highest BCUT2D eigenvalue weighted by atomic mass is 32.1. The van der Waals surface area contributed by atoms with Gasteiger partial charge >= 0.3 is 0 Å². The molecule has 8 heteroatoms. The first-order valence-corrected chi connectivity index (χ1v) is 22.6. The Hall–Kier alpha value is 1.18. The van der Waals surface area contributed by atoms with Gasteiger partial charge in [0.05, 0.1) is 19.7 Å². The molecule has 0 atom stereocenters. The molecule has 2 aliphatic carbocycles. The fourth-order valence-electron chi connectivity index (χ4n) is 7.66. The number of rotatable bonds is 27. The van der Waals surface area contributed by atoms with Crippen LogP contribution in [0.4, 0.5) is 0 Å². The monoisotopic (exact) mass is 748 g/mol. The Bertz CT molecular complexity index is 717. The number of hydrogen-bond donors (Lipinski definition) is 4. The zero-order valence-electron chi connectivity index (χ0n) is 29.5. The second-order valence-corrected chi connectivity index (χ2v) is 18.0. The molecule has 0 bridgehead atoms. The van der Waals surface area contributed by atoms with Gasteiger partial charge in [0.25, 0.3) is 0 Å². The molecule has 0 N–H and O–H groups in total. The van der Waals surface area contributed by atoms with Gasteiger partial charge in [0.2, 0.25) is 0 Å². The Kier molecular flexibility index (Phi) is 25.4. The molecule has 2 saturated carbocycles. The minimum Gasteiger partial charge on any atom is -0.352 e. The van der Waals surface area contributed by atoms with Crippen LogP contribution < -0.4 is 0 Å². The second-order valence-electron chi connectivity index (χ2n) is 14.5. The first kappa shape index (κ1) is 43.3. The zero-order chi connectivity index (χ0) is 33.4. The van der Waals surface area contributed by atoms with Crippen LogP contribution in [0.25, 0.3) is 0 Å². The van der Waals surface area contributed by atoms with Crippen LogP contribution in [-0.4, -0.2) is 54.1 Å². The molecule has 270 valence electrons. The Morgan fingerprint density at radius 3 is 0.935 bits per heavy atom. The third kappa shape index (κ3) is 17.9. The van der Waals surface area contributed by atoms with Gasteiger partial charge in [-0.05, 0) is 75.7 Å². The van der Waals surface area contributed by atoms with Gasteiger partial charge in [-0.25, -0.2) is 0 Å². The minimum absolute atomic E-state index is 0.00739. The van der Waals surface area contributed by atoms with E-state index in [1.54, 1.807) is 0 Å². The van der Waals surface area contributed by atoms with Crippen molar-refractivity contribution in [1.29, 1.82) is 0 Å². The van der Waals surface area contributed by atoms with Crippen LogP contribution in [0.3, 0.4) is 0 Å². The lowest BCUT2D eigenvalue weighted by molar-refractivity contribution is 0.212. The van der Waals surface area contributed by atoms with E-state index in [1.807, 2.05) is 0 Å². The summed E-state index contributed by atoms with van der Waals surface area (Å²) in [6, 6.07) is 0. The molecule has 0 unspecified atom stereocenters. The first-order valence-electron chi connectivity index (χ1n) is 19.6. The lowest BCUT2D eigenvalue weighted by Gasteiger charge is -2.45. The van der Waals surface area contributed by atoms with Crippen LogP contribution in [0.2, 0.25) is 0 Å². The van der Waals surface area contributed by atoms with Crippen LogP contribution in [0.5, 0.6) is 0 Å². The smallest absolute Gasteiger partial charge is 0.0836 e. The van der Waals surface area contributed by atoms with Crippen LogP contribution in [0.1, 0.15) is 193 Å². The molecule has 0 saturated heterocycles. The highest BCUT2D eigenvalue weighted by molar-refractivity contribution is 7.82. The molecule has 46 heavy (non-hydrogen) atoms. The van der Waals surface area contributed by atoms with E-state index in [9.17, 15) is 0 Å². The third-order valence-electron chi connectivity index (χ3n) is 10.5. The van der Waals surface area contributed by atoms with Crippen LogP contribution in [0.15, 0.2) is 0 Å². The second kappa shape index (κ2) is 26.9. The van der Waals surface area contributed by atoms with Crippen molar-refractivity contribution in [2.75, 3.05) is 24.6 Å². The molecule has 0 aromatic rings. The molecular weight excluding hydrogens is 677 g/mol. The van der Waals surface area contributed by atoms with Crippen molar-refractivity contribution in [3.05, 3.63) is 0 Å². The Morgan fingerprint density at radius 1 is 0.413 bits per heavy atom. The number of hydrogen-bond acceptors (Lipinski definition) is 6. The van der Waals surface area contributed by atoms with E-state index in [1.165, 1.54) is 167 Å². The molecule has 2 rings (SSSR count). The fourth-order valence-corrected chi connectivity index (χ4v) is 9.97. The normalized spacial score (nSPS) is 17.6. The van der Waals surface area contributed by atoms with E-state index >= 15 is 0 Å². The van der Waals surface area contributed by atoms with Crippen molar-refractivity contribution in [3.63, 3.8) is 0 Å². The number of thiol groups is 4. The molecule has 0 aromatic heterocycles. The Labute approximate surface area is 319 Å². The van der Waals surface area contributed by atoms with Crippen molar-refractivity contribution < 1.29 is 0 Å². The summed E-state index contributed by atoms with van der Waals surface area (Å²) in [6.45, 7) is 2.05. The average molecular weight is 749 g/mol. The number of nitrogens with zero attached hydrogens (tertiary/aromatic N) is 2. The van der Waals surface area contributed by atoms with Gasteiger partial charge in [0.1, 0.15) is 0 Å². The summed E-state index contributed by atoms with van der Waals surface area (Å²) in [5.41, 5.74) is 0. The summed E-state index contributed by atoms with van der Waals surface area (Å²) in [5, 5.41) is 0. The fraction of sp³-hybridized carbons (Fsp3) is 0.947. The molecule has 0 aromatic carbocycles. The van der Waals surface area contributed by atoms with E-state index in [2.05, 4.69) is 35.1 Å². The van der Waals surface area contributed by atoms with E-state index < -0.39 is 0 Å². The van der Waals surface area contributed by atoms with E-state index in [4.69, 9.17) is 49.7 Å². The summed E-state index contributed by atoms with van der Waals surface area (Å²) in [6.07, 6.45) is 38.8. The van der Waals surface area contributed by atoms with Crippen molar-refractivity contribution in [1.82, 2.24) is 9.80 Å². The van der Waals surface area contributed by atoms with Gasteiger partial charge in [-0.15, -0.1) is 0 Å². The number of thiocarbonyl (C=S) groups is 2. The molecule has 0 spiro atoms. The molecule has 2 nitrogen and oxygen atoms in total. The summed E-state index contributed by atoms with van der Waals surface area (Å²) in [7, 11) is 0. The predicted octanol–water partition coefficient (Wildman–Crippen LogP) is 13.1. The molecule has 0 heterocycles. The molecule has 2 fully saturated rings. The Balaban J connectivity index is 1.39. The summed E-state index contributed by atoms with van der Waals surface area (Å²) < 4.78 is 0. The van der Waals surface area contributed by atoms with Gasteiger partial charge < -0.3 is 9.80 Å². The maximum absolute atomic E-state index is 5.94. The lowest BCUT2D eigenvalue weighted by Crippen LogP contribution is -2.49. The van der Waals surface area contributed by atoms with Gasteiger partial charge in [-0.2, -0.15) is 50.5 Å². The maximum Gasteiger partial charge on any atom is 0.0836 e. The number of unbranched alkanes of at least 4 members (excludes halogenated alkanes) is 15. The van der Waals surface area contributed by atoms with Gasteiger partial charge in [-0.3, -0.25) is 0 Å². The molecule has 0 aliphatic heterocycles. The van der Waals surface area contributed by atoms with E-state index in [-0.39, 0.29) is 9.74 Å². The van der Waals surface area contributed by atoms with Crippen LogP contribution >= 0.6 is 75.0 Å². The topological polar surface area (TPSA) is 6.48 Å². The van der Waals surface area contributed by atoms with Crippen molar-refractivity contribution in [2.24, 2.45) is 0 Å². The van der Waals surface area contributed by atoms with Crippen molar-refractivity contribution in [2.45, 2.75) is 202 Å². The minimum atomic E-state index is -0.00739. The third-order valence-corrected chi connectivity index (χ3v) is 13.4. The summed E-state index contributed by atoms with van der Waals surface area (Å²) >= 11 is 31.1. The van der Waals surface area contributed by atoms with Gasteiger partial charge in [-0.1, -0.05) is 153 Å². The predicted molar refractivity (Wildman–Crippen MR) is 228 cm³/mol. The summed E-state index contributed by atoms with van der Waals surface area (Å²) in [4.78, 5) is 7.26. The Morgan fingerprint density at radius 2 is 0.674 bits per heavy atom. The largest absolute Gasteiger partial charge is 0.352 e. The molecular formula is C38H72N2S6. The highest BCUT2D eigenvalue weighted by Crippen LogP contribution is 2.39. The summed E-state index contributed by atoms with van der Waals surface area (Å²) in [5.74, 6) is 1.85. The lowest BCUT2D eigenvalue weighted by atomic mass is 9.92. The maximum atomic E-state index is 5.94. The molecule has 2 aliphatic rings. The van der Waals surface area contributed by atoms with Crippen LogP contribution in [-0.2, 0) is 0 Å². The molecule has 0 amide bonds. The van der Waals surface area contributed by atoms with Crippen molar-refractivity contribution >= 4 is 84.9 Å².